The summed E-state index contributed by atoms with van der Waals surface area (Å²) in [7, 11) is -1.03. The lowest BCUT2D eigenvalue weighted by molar-refractivity contribution is 0.0595. The minimum Gasteiger partial charge on any atom is -0.465 e. The zero-order valence-electron chi connectivity index (χ0n) is 11.3. The molecule has 1 aromatic rings. The second-order valence-electron chi connectivity index (χ2n) is 3.99. The molecule has 0 aliphatic carbocycles. The number of carbonyl (C=O) groups excluding carboxylic acids is 1. The number of rotatable bonds is 7. The Hall–Kier alpha value is -1.51. The van der Waals surface area contributed by atoms with Crippen molar-refractivity contribution < 1.29 is 22.3 Å². The molecule has 0 aliphatic rings. The predicted molar refractivity (Wildman–Crippen MR) is 71.5 cm³/mol. The van der Waals surface area contributed by atoms with Crippen molar-refractivity contribution in [1.82, 2.24) is 10.0 Å². The van der Waals surface area contributed by atoms with Gasteiger partial charge in [-0.15, -0.1) is 0 Å². The molecule has 20 heavy (non-hydrogen) atoms. The van der Waals surface area contributed by atoms with E-state index < -0.39 is 21.8 Å². The standard InChI is InChI=1S/C12H17FN2O4S/c1-14-6-3-7-15-20(17,18)11-5-4-9(13)8-10(11)12(16)19-2/h4-5,8,14-15H,3,6-7H2,1-2H3. The van der Waals surface area contributed by atoms with Gasteiger partial charge in [-0.3, -0.25) is 0 Å². The Morgan fingerprint density at radius 1 is 1.35 bits per heavy atom. The van der Waals surface area contributed by atoms with Crippen molar-refractivity contribution in [3.63, 3.8) is 0 Å². The molecule has 8 heteroatoms. The third-order valence-electron chi connectivity index (χ3n) is 2.53. The minimum atomic E-state index is -3.89. The van der Waals surface area contributed by atoms with Crippen LogP contribution in [0, 0.1) is 5.82 Å². The normalized spacial score (nSPS) is 11.3. The van der Waals surface area contributed by atoms with Crippen molar-refractivity contribution in [1.29, 1.82) is 0 Å². The van der Waals surface area contributed by atoms with Gasteiger partial charge in [0, 0.05) is 6.54 Å². The molecule has 0 spiro atoms. The van der Waals surface area contributed by atoms with Crippen LogP contribution in [0.3, 0.4) is 0 Å². The molecule has 0 saturated heterocycles. The Balaban J connectivity index is 3.02. The van der Waals surface area contributed by atoms with Gasteiger partial charge in [0.15, 0.2) is 0 Å². The quantitative estimate of drug-likeness (QED) is 0.566. The fourth-order valence-corrected chi connectivity index (χ4v) is 2.80. The van der Waals surface area contributed by atoms with Crippen molar-refractivity contribution in [2.75, 3.05) is 27.2 Å². The largest absolute Gasteiger partial charge is 0.465 e. The van der Waals surface area contributed by atoms with Crippen molar-refractivity contribution >= 4 is 16.0 Å². The molecule has 0 amide bonds. The van der Waals surface area contributed by atoms with E-state index in [0.717, 1.165) is 25.3 Å². The summed E-state index contributed by atoms with van der Waals surface area (Å²) in [4.78, 5) is 11.2. The van der Waals surface area contributed by atoms with E-state index >= 15 is 0 Å². The lowest BCUT2D eigenvalue weighted by Crippen LogP contribution is -2.28. The first kappa shape index (κ1) is 16.5. The SMILES string of the molecule is CNCCCNS(=O)(=O)c1ccc(F)cc1C(=O)OC. The van der Waals surface area contributed by atoms with E-state index in [2.05, 4.69) is 14.8 Å². The summed E-state index contributed by atoms with van der Waals surface area (Å²) in [6, 6.07) is 2.87. The van der Waals surface area contributed by atoms with Gasteiger partial charge >= 0.3 is 5.97 Å². The molecule has 112 valence electrons. The molecule has 6 nitrogen and oxygen atoms in total. The number of sulfonamides is 1. The average Bonchev–Trinajstić information content (AvgIpc) is 2.42. The fraction of sp³-hybridized carbons (Fsp3) is 0.417. The van der Waals surface area contributed by atoms with E-state index in [1.54, 1.807) is 7.05 Å². The summed E-state index contributed by atoms with van der Waals surface area (Å²) in [5.74, 6) is -1.61. The molecule has 0 radical (unpaired) electrons. The highest BCUT2D eigenvalue weighted by atomic mass is 32.2. The lowest BCUT2D eigenvalue weighted by Gasteiger charge is -2.10. The third kappa shape index (κ3) is 4.26. The highest BCUT2D eigenvalue weighted by Gasteiger charge is 2.23. The number of methoxy groups -OCH3 is 1. The summed E-state index contributed by atoms with van der Waals surface area (Å²) in [6.45, 7) is 0.858. The van der Waals surface area contributed by atoms with E-state index in [4.69, 9.17) is 0 Å². The van der Waals surface area contributed by atoms with Crippen LogP contribution in [0.1, 0.15) is 16.8 Å². The molecule has 1 rings (SSSR count). The van der Waals surface area contributed by atoms with Gasteiger partial charge in [-0.05, 0) is 38.2 Å². The first-order valence-corrected chi connectivity index (χ1v) is 7.43. The molecule has 1 aromatic carbocycles. The maximum atomic E-state index is 13.2. The Morgan fingerprint density at radius 3 is 2.65 bits per heavy atom. The first-order valence-electron chi connectivity index (χ1n) is 5.94. The highest BCUT2D eigenvalue weighted by molar-refractivity contribution is 7.89. The number of ether oxygens (including phenoxy) is 1. The van der Waals surface area contributed by atoms with Crippen LogP contribution in [0.5, 0.6) is 0 Å². The zero-order chi connectivity index (χ0) is 15.2. The highest BCUT2D eigenvalue weighted by Crippen LogP contribution is 2.18. The average molecular weight is 304 g/mol. The minimum absolute atomic E-state index is 0.209. The first-order chi connectivity index (χ1) is 9.42. The molecule has 0 atom stereocenters. The van der Waals surface area contributed by atoms with Crippen LogP contribution < -0.4 is 10.0 Å². The lowest BCUT2D eigenvalue weighted by atomic mass is 10.2. The Bertz CT molecular complexity index is 575. The molecule has 0 bridgehead atoms. The number of halogens is 1. The third-order valence-corrected chi connectivity index (χ3v) is 4.05. The summed E-state index contributed by atoms with van der Waals surface area (Å²) >= 11 is 0. The van der Waals surface area contributed by atoms with Crippen molar-refractivity contribution in [3.8, 4) is 0 Å². The van der Waals surface area contributed by atoms with Crippen molar-refractivity contribution in [2.24, 2.45) is 0 Å². The Morgan fingerprint density at radius 2 is 2.05 bits per heavy atom. The van der Waals surface area contributed by atoms with Crippen LogP contribution >= 0.6 is 0 Å². The van der Waals surface area contributed by atoms with Crippen LogP contribution in [0.25, 0.3) is 0 Å². The van der Waals surface area contributed by atoms with Crippen LogP contribution in [0.15, 0.2) is 23.1 Å². The molecule has 0 fully saturated rings. The van der Waals surface area contributed by atoms with Crippen LogP contribution in [-0.4, -0.2) is 41.6 Å². The maximum Gasteiger partial charge on any atom is 0.339 e. The molecule has 0 heterocycles. The molecular weight excluding hydrogens is 287 g/mol. The number of carbonyl (C=O) groups is 1. The number of benzene rings is 1. The topological polar surface area (TPSA) is 84.5 Å². The van der Waals surface area contributed by atoms with E-state index in [-0.39, 0.29) is 17.0 Å². The monoisotopic (exact) mass is 304 g/mol. The Kier molecular flexibility index (Phi) is 6.05. The summed E-state index contributed by atoms with van der Waals surface area (Å²) < 4.78 is 44.1. The maximum absolute atomic E-state index is 13.2. The molecule has 0 aromatic heterocycles. The number of hydrogen-bond acceptors (Lipinski definition) is 5. The number of nitrogens with one attached hydrogen (secondary N) is 2. The van der Waals surface area contributed by atoms with Crippen molar-refractivity contribution in [2.45, 2.75) is 11.3 Å². The Labute approximate surface area is 117 Å². The number of hydrogen-bond donors (Lipinski definition) is 2. The van der Waals surface area contributed by atoms with E-state index in [0.29, 0.717) is 13.0 Å². The molecule has 2 N–H and O–H groups in total. The van der Waals surface area contributed by atoms with E-state index in [9.17, 15) is 17.6 Å². The molecule has 0 saturated carbocycles. The zero-order valence-corrected chi connectivity index (χ0v) is 12.1. The van der Waals surface area contributed by atoms with Gasteiger partial charge in [-0.25, -0.2) is 22.3 Å². The van der Waals surface area contributed by atoms with Gasteiger partial charge in [-0.1, -0.05) is 0 Å². The van der Waals surface area contributed by atoms with Gasteiger partial charge in [0.05, 0.1) is 17.6 Å². The van der Waals surface area contributed by atoms with Crippen LogP contribution in [-0.2, 0) is 14.8 Å². The van der Waals surface area contributed by atoms with Gasteiger partial charge in [0.25, 0.3) is 0 Å². The van der Waals surface area contributed by atoms with Gasteiger partial charge in [-0.2, -0.15) is 0 Å². The molecule has 0 unspecified atom stereocenters. The summed E-state index contributed by atoms with van der Waals surface area (Å²) in [5.41, 5.74) is -0.325. The summed E-state index contributed by atoms with van der Waals surface area (Å²) in [5, 5.41) is 2.88. The van der Waals surface area contributed by atoms with Gasteiger partial charge < -0.3 is 10.1 Å². The smallest absolute Gasteiger partial charge is 0.339 e. The molecular formula is C12H17FN2O4S. The number of esters is 1. The second-order valence-corrected chi connectivity index (χ2v) is 5.72. The van der Waals surface area contributed by atoms with E-state index in [1.165, 1.54) is 0 Å². The second kappa shape index (κ2) is 7.32. The molecule has 0 aliphatic heterocycles. The van der Waals surface area contributed by atoms with Crippen LogP contribution in [0.2, 0.25) is 0 Å². The predicted octanol–water partition coefficient (Wildman–Crippen LogP) is 0.500. The fourth-order valence-electron chi connectivity index (χ4n) is 1.56. The summed E-state index contributed by atoms with van der Waals surface area (Å²) in [6.07, 6.45) is 0.588. The van der Waals surface area contributed by atoms with Crippen molar-refractivity contribution in [3.05, 3.63) is 29.6 Å². The van der Waals surface area contributed by atoms with Gasteiger partial charge in [0.2, 0.25) is 10.0 Å². The van der Waals surface area contributed by atoms with Gasteiger partial charge in [0.1, 0.15) is 5.82 Å². The van der Waals surface area contributed by atoms with E-state index in [1.807, 2.05) is 0 Å². The van der Waals surface area contributed by atoms with Crippen LogP contribution in [0.4, 0.5) is 4.39 Å².